The van der Waals surface area contributed by atoms with E-state index in [1.165, 1.54) is 37.7 Å². The fourth-order valence-electron chi connectivity index (χ4n) is 3.96. The summed E-state index contributed by atoms with van der Waals surface area (Å²) >= 11 is 1.67. The highest BCUT2D eigenvalue weighted by Crippen LogP contribution is 2.33. The van der Waals surface area contributed by atoms with Crippen molar-refractivity contribution >= 4 is 28.3 Å². The molecule has 6 heteroatoms. The standard InChI is InChI=1S/C22H23N5S/c1-3-8-16(9-4-1)14-23-21-19-22(26-20(25-21)18-12-7-13-28-18)27(15-24-19)17-10-5-2-6-11-17/h1,3-4,7-9,12-13,15,17H,2,5-6,10-11,14H2,(H,23,25,26). The zero-order valence-corrected chi connectivity index (χ0v) is 16.5. The number of fused-ring (bicyclic) bond motifs is 1. The number of aromatic nitrogens is 4. The van der Waals surface area contributed by atoms with Gasteiger partial charge in [0.25, 0.3) is 0 Å². The molecule has 5 rings (SSSR count). The quantitative estimate of drug-likeness (QED) is 0.478. The second kappa shape index (κ2) is 7.72. The molecule has 5 nitrogen and oxygen atoms in total. The third-order valence-corrected chi connectivity index (χ3v) is 6.30. The molecule has 3 heterocycles. The van der Waals surface area contributed by atoms with E-state index >= 15 is 0 Å². The first-order valence-corrected chi connectivity index (χ1v) is 10.8. The van der Waals surface area contributed by atoms with E-state index in [1.807, 2.05) is 18.5 Å². The van der Waals surface area contributed by atoms with Gasteiger partial charge in [-0.2, -0.15) is 0 Å². The van der Waals surface area contributed by atoms with Crippen molar-refractivity contribution in [3.05, 3.63) is 59.7 Å². The van der Waals surface area contributed by atoms with Crippen molar-refractivity contribution < 1.29 is 0 Å². The second-order valence-electron chi connectivity index (χ2n) is 7.33. The minimum absolute atomic E-state index is 0.492. The molecule has 3 aromatic heterocycles. The van der Waals surface area contributed by atoms with Gasteiger partial charge in [0, 0.05) is 12.6 Å². The van der Waals surface area contributed by atoms with Gasteiger partial charge in [-0.15, -0.1) is 11.3 Å². The Balaban J connectivity index is 1.56. The average Bonchev–Trinajstić information content (AvgIpc) is 3.43. The molecule has 0 bridgehead atoms. The molecule has 1 aliphatic rings. The Kier molecular flexibility index (Phi) is 4.79. The number of nitrogens with zero attached hydrogens (tertiary/aromatic N) is 4. The Bertz CT molecular complexity index is 1050. The van der Waals surface area contributed by atoms with Gasteiger partial charge >= 0.3 is 0 Å². The molecule has 0 atom stereocenters. The zero-order chi connectivity index (χ0) is 18.8. The smallest absolute Gasteiger partial charge is 0.173 e. The van der Waals surface area contributed by atoms with E-state index in [2.05, 4.69) is 45.6 Å². The Morgan fingerprint density at radius 1 is 1.00 bits per heavy atom. The molecule has 1 fully saturated rings. The van der Waals surface area contributed by atoms with Gasteiger partial charge in [0.1, 0.15) is 5.52 Å². The van der Waals surface area contributed by atoms with Gasteiger partial charge < -0.3 is 9.88 Å². The van der Waals surface area contributed by atoms with Crippen LogP contribution in [0, 0.1) is 0 Å². The predicted molar refractivity (Wildman–Crippen MR) is 115 cm³/mol. The van der Waals surface area contributed by atoms with Crippen LogP contribution in [0.5, 0.6) is 0 Å². The zero-order valence-electron chi connectivity index (χ0n) is 15.7. The molecule has 0 spiro atoms. The van der Waals surface area contributed by atoms with Crippen LogP contribution in [0.2, 0.25) is 0 Å². The fraction of sp³-hybridized carbons (Fsp3) is 0.318. The van der Waals surface area contributed by atoms with Crippen molar-refractivity contribution in [3.8, 4) is 10.7 Å². The summed E-state index contributed by atoms with van der Waals surface area (Å²) in [7, 11) is 0. The number of imidazole rings is 1. The monoisotopic (exact) mass is 389 g/mol. The van der Waals surface area contributed by atoms with E-state index < -0.39 is 0 Å². The number of benzene rings is 1. The molecule has 0 aliphatic heterocycles. The van der Waals surface area contributed by atoms with Crippen LogP contribution in [0.1, 0.15) is 43.7 Å². The van der Waals surface area contributed by atoms with E-state index in [9.17, 15) is 0 Å². The van der Waals surface area contributed by atoms with Crippen molar-refractivity contribution in [1.82, 2.24) is 19.5 Å². The number of rotatable bonds is 5. The average molecular weight is 390 g/mol. The maximum absolute atomic E-state index is 4.93. The highest BCUT2D eigenvalue weighted by Gasteiger charge is 2.21. The molecular formula is C22H23N5S. The molecule has 1 saturated carbocycles. The minimum atomic E-state index is 0.492. The van der Waals surface area contributed by atoms with Crippen LogP contribution in [0.3, 0.4) is 0 Å². The topological polar surface area (TPSA) is 55.6 Å². The van der Waals surface area contributed by atoms with Gasteiger partial charge in [-0.05, 0) is 29.9 Å². The first-order valence-electron chi connectivity index (χ1n) is 9.95. The van der Waals surface area contributed by atoms with Crippen molar-refractivity contribution in [2.45, 2.75) is 44.7 Å². The van der Waals surface area contributed by atoms with Crippen LogP contribution in [0.25, 0.3) is 21.9 Å². The lowest BCUT2D eigenvalue weighted by Crippen LogP contribution is -2.13. The normalized spacial score (nSPS) is 15.1. The van der Waals surface area contributed by atoms with Crippen LogP contribution in [-0.2, 0) is 6.54 Å². The number of anilines is 1. The molecule has 4 aromatic rings. The van der Waals surface area contributed by atoms with Crippen molar-refractivity contribution in [3.63, 3.8) is 0 Å². The van der Waals surface area contributed by atoms with Crippen molar-refractivity contribution in [2.75, 3.05) is 5.32 Å². The summed E-state index contributed by atoms with van der Waals surface area (Å²) in [4.78, 5) is 15.5. The number of hydrogen-bond donors (Lipinski definition) is 1. The SMILES string of the molecule is c1ccc(CNc2nc(-c3cccs3)nc3c2ncn3C2CCCCC2)cc1. The highest BCUT2D eigenvalue weighted by atomic mass is 32.1. The van der Waals surface area contributed by atoms with Gasteiger partial charge in [-0.25, -0.2) is 15.0 Å². The molecule has 0 unspecified atom stereocenters. The van der Waals surface area contributed by atoms with E-state index in [0.29, 0.717) is 12.6 Å². The third-order valence-electron chi connectivity index (χ3n) is 5.43. The number of nitrogens with one attached hydrogen (secondary N) is 1. The van der Waals surface area contributed by atoms with Gasteiger partial charge in [-0.3, -0.25) is 0 Å². The summed E-state index contributed by atoms with van der Waals surface area (Å²) in [6, 6.07) is 15.0. The van der Waals surface area contributed by atoms with E-state index in [-0.39, 0.29) is 0 Å². The Morgan fingerprint density at radius 2 is 1.86 bits per heavy atom. The lowest BCUT2D eigenvalue weighted by Gasteiger charge is -2.23. The maximum Gasteiger partial charge on any atom is 0.173 e. The summed E-state index contributed by atoms with van der Waals surface area (Å²) in [5.41, 5.74) is 3.03. The van der Waals surface area contributed by atoms with Gasteiger partial charge in [0.15, 0.2) is 17.3 Å². The lowest BCUT2D eigenvalue weighted by atomic mass is 9.95. The highest BCUT2D eigenvalue weighted by molar-refractivity contribution is 7.13. The summed E-state index contributed by atoms with van der Waals surface area (Å²) in [6.45, 7) is 0.715. The third kappa shape index (κ3) is 3.40. The summed E-state index contributed by atoms with van der Waals surface area (Å²) in [6.07, 6.45) is 8.27. The van der Waals surface area contributed by atoms with E-state index in [0.717, 1.165) is 27.7 Å². The molecule has 0 amide bonds. The molecule has 1 N–H and O–H groups in total. The van der Waals surface area contributed by atoms with Crippen LogP contribution >= 0.6 is 11.3 Å². The van der Waals surface area contributed by atoms with Crippen molar-refractivity contribution in [2.24, 2.45) is 0 Å². The maximum atomic E-state index is 4.93. The van der Waals surface area contributed by atoms with Crippen molar-refractivity contribution in [1.29, 1.82) is 0 Å². The molecule has 0 radical (unpaired) electrons. The minimum Gasteiger partial charge on any atom is -0.364 e. The number of hydrogen-bond acceptors (Lipinski definition) is 5. The summed E-state index contributed by atoms with van der Waals surface area (Å²) in [5, 5.41) is 5.57. The van der Waals surface area contributed by atoms with Crippen LogP contribution in [-0.4, -0.2) is 19.5 Å². The van der Waals surface area contributed by atoms with Crippen LogP contribution < -0.4 is 5.32 Å². The summed E-state index contributed by atoms with van der Waals surface area (Å²) in [5.74, 6) is 1.59. The Labute approximate surface area is 168 Å². The molecule has 28 heavy (non-hydrogen) atoms. The summed E-state index contributed by atoms with van der Waals surface area (Å²) < 4.78 is 2.28. The number of thiophene rings is 1. The van der Waals surface area contributed by atoms with Crippen LogP contribution in [0.15, 0.2) is 54.2 Å². The Hall–Kier alpha value is -2.73. The molecular weight excluding hydrogens is 366 g/mol. The predicted octanol–water partition coefficient (Wildman–Crippen LogP) is 5.67. The first-order chi connectivity index (χ1) is 13.9. The van der Waals surface area contributed by atoms with E-state index in [1.54, 1.807) is 11.3 Å². The Morgan fingerprint density at radius 3 is 2.64 bits per heavy atom. The van der Waals surface area contributed by atoms with Gasteiger partial charge in [0.05, 0.1) is 11.2 Å². The largest absolute Gasteiger partial charge is 0.364 e. The van der Waals surface area contributed by atoms with Gasteiger partial charge in [-0.1, -0.05) is 55.7 Å². The molecule has 0 saturated heterocycles. The first kappa shape index (κ1) is 17.4. The fourth-order valence-corrected chi connectivity index (χ4v) is 4.62. The van der Waals surface area contributed by atoms with Gasteiger partial charge in [0.2, 0.25) is 0 Å². The van der Waals surface area contributed by atoms with E-state index in [4.69, 9.17) is 15.0 Å². The molecule has 1 aliphatic carbocycles. The second-order valence-corrected chi connectivity index (χ2v) is 8.28. The molecule has 142 valence electrons. The lowest BCUT2D eigenvalue weighted by molar-refractivity contribution is 0.358. The molecule has 1 aromatic carbocycles. The van der Waals surface area contributed by atoms with Crippen LogP contribution in [0.4, 0.5) is 5.82 Å².